The molecule has 2 unspecified atom stereocenters. The molecule has 0 spiro atoms. The lowest BCUT2D eigenvalue weighted by molar-refractivity contribution is 0.239. The van der Waals surface area contributed by atoms with E-state index in [1.807, 2.05) is 25.3 Å². The summed E-state index contributed by atoms with van der Waals surface area (Å²) in [5, 5.41) is 0. The molecule has 1 aliphatic rings. The van der Waals surface area contributed by atoms with Gasteiger partial charge in [-0.05, 0) is 55.7 Å². The fraction of sp³-hybridized carbons (Fsp3) is 0.593. The molecule has 158 valence electrons. The zero-order valence-corrected chi connectivity index (χ0v) is 18.5. The molecular formula is C27H39NO. The van der Waals surface area contributed by atoms with Gasteiger partial charge in [0.25, 0.3) is 0 Å². The molecule has 1 aromatic carbocycles. The van der Waals surface area contributed by atoms with Crippen LogP contribution in [-0.4, -0.2) is 11.6 Å². The molecule has 0 saturated heterocycles. The number of benzene rings is 1. The van der Waals surface area contributed by atoms with Gasteiger partial charge in [-0.1, -0.05) is 82.6 Å². The summed E-state index contributed by atoms with van der Waals surface area (Å²) in [4.78, 5) is 4.54. The van der Waals surface area contributed by atoms with Crippen LogP contribution in [-0.2, 0) is 6.42 Å². The quantitative estimate of drug-likeness (QED) is 0.362. The van der Waals surface area contributed by atoms with Crippen LogP contribution in [0.4, 0.5) is 0 Å². The van der Waals surface area contributed by atoms with Crippen molar-refractivity contribution in [3.8, 4) is 17.0 Å². The maximum absolute atomic E-state index is 5.48. The number of nitrogens with zero attached hydrogens (tertiary/aromatic N) is 1. The molecule has 1 aromatic heterocycles. The second-order valence-corrected chi connectivity index (χ2v) is 8.80. The number of hydrogen-bond acceptors (Lipinski definition) is 2. The molecule has 1 fully saturated rings. The molecule has 3 rings (SSSR count). The van der Waals surface area contributed by atoms with Crippen molar-refractivity contribution in [2.75, 3.05) is 6.61 Å². The molecule has 1 heterocycles. The first-order valence-electron chi connectivity index (χ1n) is 12.0. The molecular weight excluding hydrogens is 354 g/mol. The van der Waals surface area contributed by atoms with E-state index >= 15 is 0 Å². The fourth-order valence-corrected chi connectivity index (χ4v) is 4.80. The van der Waals surface area contributed by atoms with Crippen LogP contribution in [0.15, 0.2) is 42.6 Å². The van der Waals surface area contributed by atoms with Gasteiger partial charge in [0.2, 0.25) is 0 Å². The fourth-order valence-electron chi connectivity index (χ4n) is 4.80. The molecule has 0 amide bonds. The van der Waals surface area contributed by atoms with E-state index in [-0.39, 0.29) is 0 Å². The number of unbranched alkanes of at least 4 members (excludes halogenated alkanes) is 3. The molecule has 0 radical (unpaired) electrons. The zero-order valence-electron chi connectivity index (χ0n) is 18.5. The number of rotatable bonds is 11. The zero-order chi connectivity index (χ0) is 20.3. The number of aromatic nitrogens is 1. The maximum Gasteiger partial charge on any atom is 0.137 e. The number of ether oxygens (including phenoxy) is 1. The summed E-state index contributed by atoms with van der Waals surface area (Å²) in [7, 11) is 0. The Morgan fingerprint density at radius 2 is 1.69 bits per heavy atom. The van der Waals surface area contributed by atoms with E-state index in [2.05, 4.69) is 36.2 Å². The minimum atomic E-state index is 0.677. The van der Waals surface area contributed by atoms with Crippen LogP contribution in [0.2, 0.25) is 0 Å². The molecule has 0 bridgehead atoms. The Balaban J connectivity index is 1.44. The van der Waals surface area contributed by atoms with Crippen LogP contribution in [0.25, 0.3) is 11.3 Å². The largest absolute Gasteiger partial charge is 0.492 e. The lowest BCUT2D eigenvalue weighted by Crippen LogP contribution is -2.16. The molecule has 0 N–H and O–H groups in total. The minimum Gasteiger partial charge on any atom is -0.492 e. The van der Waals surface area contributed by atoms with Crippen molar-refractivity contribution >= 4 is 0 Å². The lowest BCUT2D eigenvalue weighted by atomic mass is 9.77. The smallest absolute Gasteiger partial charge is 0.137 e. The number of hydrogen-bond donors (Lipinski definition) is 0. The summed E-state index contributed by atoms with van der Waals surface area (Å²) in [5.74, 6) is 2.77. The molecule has 29 heavy (non-hydrogen) atoms. The van der Waals surface area contributed by atoms with Crippen LogP contribution >= 0.6 is 0 Å². The van der Waals surface area contributed by atoms with Gasteiger partial charge in [0, 0.05) is 5.56 Å². The standard InChI is InChI=1S/C27H39NO/c1-3-5-6-7-9-23-10-8-11-24(20-23)13-12-22-14-16-25(17-15-22)27-19-18-26(21-28-27)29-4-2/h14-19,21,23-24H,3-13,20H2,1-2H3. The highest BCUT2D eigenvalue weighted by Crippen LogP contribution is 2.35. The Morgan fingerprint density at radius 3 is 2.38 bits per heavy atom. The second kappa shape index (κ2) is 12.0. The van der Waals surface area contributed by atoms with E-state index in [1.54, 1.807) is 0 Å². The summed E-state index contributed by atoms with van der Waals surface area (Å²) in [6, 6.07) is 13.1. The monoisotopic (exact) mass is 393 g/mol. The summed E-state index contributed by atoms with van der Waals surface area (Å²) in [5.41, 5.74) is 3.66. The van der Waals surface area contributed by atoms with E-state index in [0.29, 0.717) is 6.61 Å². The van der Waals surface area contributed by atoms with E-state index in [0.717, 1.165) is 23.3 Å². The van der Waals surface area contributed by atoms with Gasteiger partial charge in [0.1, 0.15) is 5.75 Å². The average Bonchev–Trinajstić information content (AvgIpc) is 2.77. The minimum absolute atomic E-state index is 0.677. The Morgan fingerprint density at radius 1 is 0.897 bits per heavy atom. The van der Waals surface area contributed by atoms with E-state index in [9.17, 15) is 0 Å². The van der Waals surface area contributed by atoms with Crippen LogP contribution < -0.4 is 4.74 Å². The van der Waals surface area contributed by atoms with Crippen molar-refractivity contribution in [3.05, 3.63) is 48.2 Å². The van der Waals surface area contributed by atoms with Crippen molar-refractivity contribution in [2.24, 2.45) is 11.8 Å². The third-order valence-electron chi connectivity index (χ3n) is 6.50. The third kappa shape index (κ3) is 7.17. The highest BCUT2D eigenvalue weighted by Gasteiger charge is 2.21. The summed E-state index contributed by atoms with van der Waals surface area (Å²) in [6.07, 6.45) is 17.3. The first kappa shape index (κ1) is 21.9. The molecule has 2 heteroatoms. The van der Waals surface area contributed by atoms with Gasteiger partial charge in [-0.25, -0.2) is 0 Å². The molecule has 1 aliphatic carbocycles. The molecule has 2 aromatic rings. The number of aryl methyl sites for hydroxylation is 1. The molecule has 2 atom stereocenters. The molecule has 0 aliphatic heterocycles. The Kier molecular flexibility index (Phi) is 9.05. The average molecular weight is 394 g/mol. The van der Waals surface area contributed by atoms with Crippen LogP contribution in [0.1, 0.15) is 83.6 Å². The molecule has 1 saturated carbocycles. The van der Waals surface area contributed by atoms with E-state index in [4.69, 9.17) is 4.74 Å². The van der Waals surface area contributed by atoms with Crippen molar-refractivity contribution < 1.29 is 4.74 Å². The van der Waals surface area contributed by atoms with E-state index < -0.39 is 0 Å². The SMILES string of the molecule is CCCCCCC1CCCC(CCc2ccc(-c3ccc(OCC)cn3)cc2)C1. The van der Waals surface area contributed by atoms with Crippen LogP contribution in [0.3, 0.4) is 0 Å². The predicted molar refractivity (Wildman–Crippen MR) is 123 cm³/mol. The van der Waals surface area contributed by atoms with Crippen LogP contribution in [0.5, 0.6) is 5.75 Å². The second-order valence-electron chi connectivity index (χ2n) is 8.80. The first-order valence-corrected chi connectivity index (χ1v) is 12.0. The highest BCUT2D eigenvalue weighted by atomic mass is 16.5. The van der Waals surface area contributed by atoms with Gasteiger partial charge in [-0.15, -0.1) is 0 Å². The summed E-state index contributed by atoms with van der Waals surface area (Å²) < 4.78 is 5.48. The van der Waals surface area contributed by atoms with Crippen molar-refractivity contribution in [2.45, 2.75) is 84.5 Å². The van der Waals surface area contributed by atoms with Crippen molar-refractivity contribution in [1.29, 1.82) is 0 Å². The van der Waals surface area contributed by atoms with Gasteiger partial charge >= 0.3 is 0 Å². The van der Waals surface area contributed by atoms with E-state index in [1.165, 1.54) is 81.8 Å². The van der Waals surface area contributed by atoms with Crippen molar-refractivity contribution in [3.63, 3.8) is 0 Å². The molecule has 2 nitrogen and oxygen atoms in total. The highest BCUT2D eigenvalue weighted by molar-refractivity contribution is 5.59. The predicted octanol–water partition coefficient (Wildman–Crippen LogP) is 7.86. The topological polar surface area (TPSA) is 22.1 Å². The van der Waals surface area contributed by atoms with Gasteiger partial charge in [-0.2, -0.15) is 0 Å². The van der Waals surface area contributed by atoms with Crippen molar-refractivity contribution in [1.82, 2.24) is 4.98 Å². The summed E-state index contributed by atoms with van der Waals surface area (Å²) in [6.45, 7) is 4.97. The lowest BCUT2D eigenvalue weighted by Gasteiger charge is -2.29. The Bertz CT molecular complexity index is 691. The van der Waals surface area contributed by atoms with Gasteiger partial charge < -0.3 is 4.74 Å². The summed E-state index contributed by atoms with van der Waals surface area (Å²) >= 11 is 0. The van der Waals surface area contributed by atoms with Crippen LogP contribution in [0, 0.1) is 11.8 Å². The van der Waals surface area contributed by atoms with Gasteiger partial charge in [0.05, 0.1) is 18.5 Å². The Hall–Kier alpha value is -1.83. The van der Waals surface area contributed by atoms with Gasteiger partial charge in [0.15, 0.2) is 0 Å². The first-order chi connectivity index (χ1) is 14.3. The normalized spacial score (nSPS) is 19.2. The maximum atomic E-state index is 5.48. The third-order valence-corrected chi connectivity index (χ3v) is 6.50. The van der Waals surface area contributed by atoms with Gasteiger partial charge in [-0.3, -0.25) is 4.98 Å². The Labute approximate surface area is 178 Å². The number of pyridine rings is 1.